The molecule has 0 aromatic heterocycles. The Kier molecular flexibility index (Phi) is 12.6. The summed E-state index contributed by atoms with van der Waals surface area (Å²) >= 11 is 2.07. The second-order valence-corrected chi connectivity index (χ2v) is 5.48. The Morgan fingerprint density at radius 2 is 1.80 bits per heavy atom. The molecule has 0 amide bonds. The van der Waals surface area contributed by atoms with Gasteiger partial charge in [0.15, 0.2) is 0 Å². The second-order valence-electron chi connectivity index (χ2n) is 4.16. The molecule has 0 aromatic rings. The Bertz CT molecular complexity index is 109. The second kappa shape index (κ2) is 12.4. The highest BCUT2D eigenvalue weighted by molar-refractivity contribution is 7.99. The Balaban J connectivity index is 3.49. The van der Waals surface area contributed by atoms with Gasteiger partial charge in [0.05, 0.1) is 0 Å². The van der Waals surface area contributed by atoms with Crippen LogP contribution in [0, 0.1) is 0 Å². The molecule has 2 heteroatoms. The third-order valence-corrected chi connectivity index (χ3v) is 3.66. The van der Waals surface area contributed by atoms with Crippen LogP contribution in [0.5, 0.6) is 0 Å². The van der Waals surface area contributed by atoms with E-state index in [1.165, 1.54) is 56.6 Å². The van der Waals surface area contributed by atoms with Gasteiger partial charge in [-0.2, -0.15) is 11.8 Å². The van der Waals surface area contributed by atoms with Crippen LogP contribution < -0.4 is 5.32 Å². The third-order valence-electron chi connectivity index (χ3n) is 2.61. The number of hydrogen-bond donors (Lipinski definition) is 1. The Morgan fingerprint density at radius 1 is 1.00 bits per heavy atom. The summed E-state index contributed by atoms with van der Waals surface area (Å²) in [5, 5.41) is 3.66. The van der Waals surface area contributed by atoms with E-state index in [2.05, 4.69) is 37.8 Å². The molecule has 0 aliphatic carbocycles. The minimum absolute atomic E-state index is 0.756. The minimum atomic E-state index is 0.756. The maximum absolute atomic E-state index is 3.66. The summed E-state index contributed by atoms with van der Waals surface area (Å²) in [6.45, 7) is 7.95. The van der Waals surface area contributed by atoms with Crippen molar-refractivity contribution in [1.82, 2.24) is 5.32 Å². The van der Waals surface area contributed by atoms with Gasteiger partial charge >= 0.3 is 0 Å². The predicted molar refractivity (Wildman–Crippen MR) is 73.8 cm³/mol. The van der Waals surface area contributed by atoms with E-state index in [-0.39, 0.29) is 0 Å². The molecule has 0 saturated heterocycles. The molecule has 1 atom stereocenters. The first-order valence-electron chi connectivity index (χ1n) is 6.66. The fraction of sp³-hybridized carbons (Fsp3) is 1.00. The molecule has 92 valence electrons. The quantitative estimate of drug-likeness (QED) is 0.538. The van der Waals surface area contributed by atoms with Gasteiger partial charge in [0, 0.05) is 11.8 Å². The van der Waals surface area contributed by atoms with Gasteiger partial charge in [-0.3, -0.25) is 0 Å². The lowest BCUT2D eigenvalue weighted by atomic mass is 10.1. The molecule has 0 bridgehead atoms. The molecule has 0 aromatic carbocycles. The van der Waals surface area contributed by atoms with Crippen LogP contribution in [0.25, 0.3) is 0 Å². The topological polar surface area (TPSA) is 12.0 Å². The first kappa shape index (κ1) is 15.3. The van der Waals surface area contributed by atoms with E-state index in [0.717, 1.165) is 6.04 Å². The molecule has 0 rings (SSSR count). The van der Waals surface area contributed by atoms with Crippen LogP contribution in [0.2, 0.25) is 0 Å². The SMILES string of the molecule is CCCCCCC(CSCC)NCCC. The highest BCUT2D eigenvalue weighted by Crippen LogP contribution is 2.10. The molecule has 0 aliphatic heterocycles. The summed E-state index contributed by atoms with van der Waals surface area (Å²) in [5.41, 5.74) is 0. The maximum atomic E-state index is 3.66. The van der Waals surface area contributed by atoms with Gasteiger partial charge in [0.2, 0.25) is 0 Å². The van der Waals surface area contributed by atoms with Crippen molar-refractivity contribution in [2.24, 2.45) is 0 Å². The normalized spacial score (nSPS) is 13.0. The van der Waals surface area contributed by atoms with E-state index in [1.54, 1.807) is 0 Å². The standard InChI is InChI=1S/C13H29NS/c1-4-7-8-9-10-13(12-15-6-3)14-11-5-2/h13-14H,4-12H2,1-3H3. The molecule has 0 fully saturated rings. The fourth-order valence-electron chi connectivity index (χ4n) is 1.67. The average Bonchev–Trinajstić information content (AvgIpc) is 2.27. The van der Waals surface area contributed by atoms with Crippen molar-refractivity contribution >= 4 is 11.8 Å². The summed E-state index contributed by atoms with van der Waals surface area (Å²) in [6.07, 6.45) is 8.19. The van der Waals surface area contributed by atoms with Crippen LogP contribution in [-0.2, 0) is 0 Å². The zero-order valence-electron chi connectivity index (χ0n) is 10.8. The van der Waals surface area contributed by atoms with Crippen LogP contribution in [0.3, 0.4) is 0 Å². The Hall–Kier alpha value is 0.310. The molecule has 1 nitrogen and oxygen atoms in total. The van der Waals surface area contributed by atoms with Crippen LogP contribution >= 0.6 is 11.8 Å². The maximum Gasteiger partial charge on any atom is 0.0158 e. The zero-order valence-corrected chi connectivity index (χ0v) is 11.7. The number of hydrogen-bond acceptors (Lipinski definition) is 2. The van der Waals surface area contributed by atoms with Gasteiger partial charge in [-0.15, -0.1) is 0 Å². The lowest BCUT2D eigenvalue weighted by molar-refractivity contribution is 0.489. The Labute approximate surface area is 101 Å². The molecule has 1 N–H and O–H groups in total. The highest BCUT2D eigenvalue weighted by atomic mass is 32.2. The fourth-order valence-corrected chi connectivity index (χ4v) is 2.48. The lowest BCUT2D eigenvalue weighted by Gasteiger charge is -2.17. The van der Waals surface area contributed by atoms with Crippen LogP contribution in [-0.4, -0.2) is 24.1 Å². The molecule has 0 radical (unpaired) electrons. The monoisotopic (exact) mass is 231 g/mol. The molecule has 0 heterocycles. The van der Waals surface area contributed by atoms with Crippen molar-refractivity contribution in [3.8, 4) is 0 Å². The van der Waals surface area contributed by atoms with Crippen LogP contribution in [0.15, 0.2) is 0 Å². The van der Waals surface area contributed by atoms with Crippen molar-refractivity contribution in [1.29, 1.82) is 0 Å². The first-order chi connectivity index (χ1) is 7.35. The van der Waals surface area contributed by atoms with E-state index in [4.69, 9.17) is 0 Å². The molecule has 15 heavy (non-hydrogen) atoms. The summed E-state index contributed by atoms with van der Waals surface area (Å²) in [5.74, 6) is 2.54. The van der Waals surface area contributed by atoms with Crippen LogP contribution in [0.1, 0.15) is 59.3 Å². The van der Waals surface area contributed by atoms with Gasteiger partial charge < -0.3 is 5.32 Å². The number of thioether (sulfide) groups is 1. The van der Waals surface area contributed by atoms with Crippen molar-refractivity contribution < 1.29 is 0 Å². The molecular weight excluding hydrogens is 202 g/mol. The third kappa shape index (κ3) is 10.6. The van der Waals surface area contributed by atoms with E-state index in [0.29, 0.717) is 0 Å². The summed E-state index contributed by atoms with van der Waals surface area (Å²) in [6, 6.07) is 0.756. The summed E-state index contributed by atoms with van der Waals surface area (Å²) in [7, 11) is 0. The van der Waals surface area contributed by atoms with Crippen molar-refractivity contribution in [2.45, 2.75) is 65.3 Å². The van der Waals surface area contributed by atoms with Crippen molar-refractivity contribution in [3.63, 3.8) is 0 Å². The smallest absolute Gasteiger partial charge is 0.0158 e. The minimum Gasteiger partial charge on any atom is -0.313 e. The Morgan fingerprint density at radius 3 is 2.40 bits per heavy atom. The lowest BCUT2D eigenvalue weighted by Crippen LogP contribution is -2.32. The first-order valence-corrected chi connectivity index (χ1v) is 7.81. The summed E-state index contributed by atoms with van der Waals surface area (Å²) in [4.78, 5) is 0. The molecule has 0 spiro atoms. The average molecular weight is 231 g/mol. The van der Waals surface area contributed by atoms with Crippen LogP contribution in [0.4, 0.5) is 0 Å². The zero-order chi connectivity index (χ0) is 11.4. The predicted octanol–water partition coefficient (Wildman–Crippen LogP) is 4.08. The molecule has 0 aliphatic rings. The van der Waals surface area contributed by atoms with Gasteiger partial charge in [-0.05, 0) is 25.1 Å². The van der Waals surface area contributed by atoms with Crippen molar-refractivity contribution in [2.75, 3.05) is 18.1 Å². The van der Waals surface area contributed by atoms with E-state index in [9.17, 15) is 0 Å². The molecular formula is C13H29NS. The number of rotatable bonds is 11. The summed E-state index contributed by atoms with van der Waals surface area (Å²) < 4.78 is 0. The number of unbranched alkanes of at least 4 members (excludes halogenated alkanes) is 3. The molecule has 1 unspecified atom stereocenters. The van der Waals surface area contributed by atoms with Crippen molar-refractivity contribution in [3.05, 3.63) is 0 Å². The van der Waals surface area contributed by atoms with Gasteiger partial charge in [-0.1, -0.05) is 46.5 Å². The van der Waals surface area contributed by atoms with Gasteiger partial charge in [0.25, 0.3) is 0 Å². The van der Waals surface area contributed by atoms with E-state index < -0.39 is 0 Å². The molecule has 0 saturated carbocycles. The highest BCUT2D eigenvalue weighted by Gasteiger charge is 2.06. The van der Waals surface area contributed by atoms with E-state index in [1.807, 2.05) is 0 Å². The van der Waals surface area contributed by atoms with E-state index >= 15 is 0 Å². The van der Waals surface area contributed by atoms with Gasteiger partial charge in [-0.25, -0.2) is 0 Å². The largest absolute Gasteiger partial charge is 0.313 e. The van der Waals surface area contributed by atoms with Gasteiger partial charge in [0.1, 0.15) is 0 Å². The number of nitrogens with one attached hydrogen (secondary N) is 1.